The second-order valence-corrected chi connectivity index (χ2v) is 9.33. The van der Waals surface area contributed by atoms with Crippen molar-refractivity contribution < 1.29 is 0 Å². The van der Waals surface area contributed by atoms with Crippen LogP contribution in [0.1, 0.15) is 97.8 Å². The van der Waals surface area contributed by atoms with E-state index in [2.05, 4.69) is 52.6 Å². The maximum atomic E-state index is 4.30. The SMILES string of the molecule is CCCCC1(CCCC)CCCC(Br)C1(Br)CCCC. The minimum absolute atomic E-state index is 0.332. The summed E-state index contributed by atoms with van der Waals surface area (Å²) >= 11 is 8.35. The Morgan fingerprint density at radius 3 is 1.90 bits per heavy atom. The molecule has 0 nitrogen and oxygen atoms in total. The largest absolute Gasteiger partial charge is 0.0875 e. The fourth-order valence-electron chi connectivity index (χ4n) is 4.07. The average molecular weight is 410 g/mol. The first-order chi connectivity index (χ1) is 9.56. The van der Waals surface area contributed by atoms with Gasteiger partial charge in [0.1, 0.15) is 0 Å². The van der Waals surface area contributed by atoms with Crippen LogP contribution in [-0.2, 0) is 0 Å². The van der Waals surface area contributed by atoms with E-state index in [-0.39, 0.29) is 0 Å². The highest BCUT2D eigenvalue weighted by Crippen LogP contribution is 2.59. The standard InChI is InChI=1S/C18H34Br2/c1-4-7-12-17(13-8-5-2)14-10-11-16(19)18(17,20)15-9-6-3/h16H,4-15H2,1-3H3. The molecular formula is C18H34Br2. The molecule has 2 heteroatoms. The predicted molar refractivity (Wildman–Crippen MR) is 99.2 cm³/mol. The van der Waals surface area contributed by atoms with Crippen molar-refractivity contribution in [3.05, 3.63) is 0 Å². The van der Waals surface area contributed by atoms with Gasteiger partial charge < -0.3 is 0 Å². The average Bonchev–Trinajstić information content (AvgIpc) is 2.46. The molecule has 1 rings (SSSR count). The molecule has 0 bridgehead atoms. The lowest BCUT2D eigenvalue weighted by Gasteiger charge is -2.54. The van der Waals surface area contributed by atoms with E-state index < -0.39 is 0 Å². The maximum Gasteiger partial charge on any atom is 0.0438 e. The highest BCUT2D eigenvalue weighted by Gasteiger charge is 2.53. The van der Waals surface area contributed by atoms with Gasteiger partial charge in [-0.3, -0.25) is 0 Å². The van der Waals surface area contributed by atoms with Gasteiger partial charge in [0, 0.05) is 9.15 Å². The Morgan fingerprint density at radius 2 is 1.40 bits per heavy atom. The molecule has 1 saturated carbocycles. The molecule has 0 amide bonds. The zero-order valence-corrected chi connectivity index (χ0v) is 17.0. The fraction of sp³-hybridized carbons (Fsp3) is 1.00. The smallest absolute Gasteiger partial charge is 0.0438 e. The Bertz CT molecular complexity index is 256. The number of unbranched alkanes of at least 4 members (excludes halogenated alkanes) is 3. The molecule has 1 fully saturated rings. The number of rotatable bonds is 9. The number of hydrogen-bond acceptors (Lipinski definition) is 0. The van der Waals surface area contributed by atoms with E-state index in [1.807, 2.05) is 0 Å². The molecule has 1 aliphatic carbocycles. The molecule has 0 aromatic carbocycles. The summed E-state index contributed by atoms with van der Waals surface area (Å²) in [5.41, 5.74) is 0.528. The van der Waals surface area contributed by atoms with Crippen LogP contribution in [0.5, 0.6) is 0 Å². The Kier molecular flexibility index (Phi) is 8.72. The summed E-state index contributed by atoms with van der Waals surface area (Å²) in [5, 5.41) is 0. The van der Waals surface area contributed by atoms with E-state index in [1.165, 1.54) is 77.0 Å². The van der Waals surface area contributed by atoms with Crippen molar-refractivity contribution in [2.24, 2.45) is 5.41 Å². The Labute approximate surface area is 144 Å². The molecule has 0 spiro atoms. The first-order valence-electron chi connectivity index (χ1n) is 8.89. The first kappa shape index (κ1) is 19.0. The van der Waals surface area contributed by atoms with E-state index in [9.17, 15) is 0 Å². The summed E-state index contributed by atoms with van der Waals surface area (Å²) in [6.45, 7) is 7.00. The van der Waals surface area contributed by atoms with Crippen LogP contribution in [0.25, 0.3) is 0 Å². The first-order valence-corrected chi connectivity index (χ1v) is 10.6. The fourth-order valence-corrected chi connectivity index (χ4v) is 6.21. The van der Waals surface area contributed by atoms with Gasteiger partial charge in [-0.2, -0.15) is 0 Å². The van der Waals surface area contributed by atoms with Gasteiger partial charge >= 0.3 is 0 Å². The van der Waals surface area contributed by atoms with Crippen LogP contribution >= 0.6 is 31.9 Å². The minimum atomic E-state index is 0.332. The Balaban J connectivity index is 2.97. The second kappa shape index (κ2) is 9.18. The molecule has 0 aliphatic heterocycles. The van der Waals surface area contributed by atoms with Crippen LogP contribution in [0.3, 0.4) is 0 Å². The zero-order valence-electron chi connectivity index (χ0n) is 13.8. The maximum absolute atomic E-state index is 4.30. The van der Waals surface area contributed by atoms with E-state index in [1.54, 1.807) is 0 Å². The Hall–Kier alpha value is 0.960. The van der Waals surface area contributed by atoms with Gasteiger partial charge in [0.25, 0.3) is 0 Å². The van der Waals surface area contributed by atoms with E-state index in [4.69, 9.17) is 0 Å². The van der Waals surface area contributed by atoms with Gasteiger partial charge in [-0.25, -0.2) is 0 Å². The zero-order chi connectivity index (χ0) is 15.1. The van der Waals surface area contributed by atoms with Gasteiger partial charge in [-0.15, -0.1) is 0 Å². The molecule has 0 saturated heterocycles. The summed E-state index contributed by atoms with van der Waals surface area (Å²) in [7, 11) is 0. The lowest BCUT2D eigenvalue weighted by atomic mass is 9.60. The van der Waals surface area contributed by atoms with Crippen LogP contribution in [0.4, 0.5) is 0 Å². The highest BCUT2D eigenvalue weighted by molar-refractivity contribution is 9.12. The molecule has 0 aromatic rings. The van der Waals surface area contributed by atoms with Crippen molar-refractivity contribution >= 4 is 31.9 Å². The summed E-state index contributed by atoms with van der Waals surface area (Å²) in [6.07, 6.45) is 16.5. The highest BCUT2D eigenvalue weighted by atomic mass is 79.9. The van der Waals surface area contributed by atoms with Gasteiger partial charge in [-0.1, -0.05) is 97.6 Å². The van der Waals surface area contributed by atoms with Crippen molar-refractivity contribution in [1.82, 2.24) is 0 Å². The van der Waals surface area contributed by atoms with Crippen molar-refractivity contribution in [3.63, 3.8) is 0 Å². The van der Waals surface area contributed by atoms with Gasteiger partial charge in [0.15, 0.2) is 0 Å². The van der Waals surface area contributed by atoms with Crippen molar-refractivity contribution in [1.29, 1.82) is 0 Å². The normalized spacial score (nSPS) is 29.6. The lowest BCUT2D eigenvalue weighted by Crippen LogP contribution is -2.52. The molecule has 0 aromatic heterocycles. The summed E-state index contributed by atoms with van der Waals surface area (Å²) in [6, 6.07) is 0. The Morgan fingerprint density at radius 1 is 0.900 bits per heavy atom. The number of hydrogen-bond donors (Lipinski definition) is 0. The summed E-state index contributed by atoms with van der Waals surface area (Å²) in [4.78, 5) is 0.656. The molecule has 2 atom stereocenters. The molecule has 2 unspecified atom stereocenters. The lowest BCUT2D eigenvalue weighted by molar-refractivity contribution is 0.0963. The van der Waals surface area contributed by atoms with E-state index in [0.717, 1.165) is 0 Å². The molecular weight excluding hydrogens is 376 g/mol. The van der Waals surface area contributed by atoms with Crippen molar-refractivity contribution in [2.75, 3.05) is 0 Å². The monoisotopic (exact) mass is 408 g/mol. The van der Waals surface area contributed by atoms with Gasteiger partial charge in [0.2, 0.25) is 0 Å². The van der Waals surface area contributed by atoms with Crippen molar-refractivity contribution in [2.45, 2.75) is 107 Å². The molecule has 0 radical (unpaired) electrons. The molecule has 120 valence electrons. The molecule has 1 aliphatic rings. The molecule has 0 heterocycles. The number of alkyl halides is 2. The summed E-state index contributed by atoms with van der Waals surface area (Å²) < 4.78 is 0.332. The van der Waals surface area contributed by atoms with Gasteiger partial charge in [0.05, 0.1) is 0 Å². The van der Waals surface area contributed by atoms with Crippen LogP contribution in [0.2, 0.25) is 0 Å². The topological polar surface area (TPSA) is 0 Å². The van der Waals surface area contributed by atoms with Crippen LogP contribution < -0.4 is 0 Å². The number of halogens is 2. The third-order valence-electron chi connectivity index (χ3n) is 5.40. The minimum Gasteiger partial charge on any atom is -0.0875 e. The third kappa shape index (κ3) is 4.24. The van der Waals surface area contributed by atoms with Gasteiger partial charge in [-0.05, 0) is 37.5 Å². The van der Waals surface area contributed by atoms with Crippen LogP contribution in [0.15, 0.2) is 0 Å². The van der Waals surface area contributed by atoms with Crippen LogP contribution in [0, 0.1) is 5.41 Å². The van der Waals surface area contributed by atoms with Crippen molar-refractivity contribution in [3.8, 4) is 0 Å². The summed E-state index contributed by atoms with van der Waals surface area (Å²) in [5.74, 6) is 0. The molecule has 0 N–H and O–H groups in total. The van der Waals surface area contributed by atoms with Crippen LogP contribution in [-0.4, -0.2) is 9.15 Å². The predicted octanol–water partition coefficient (Wildman–Crippen LogP) is 7.62. The third-order valence-corrected chi connectivity index (χ3v) is 9.05. The quantitative estimate of drug-likeness (QED) is 0.343. The van der Waals surface area contributed by atoms with E-state index >= 15 is 0 Å². The second-order valence-electron chi connectivity index (χ2n) is 6.81. The molecule has 20 heavy (non-hydrogen) atoms. The van der Waals surface area contributed by atoms with E-state index in [0.29, 0.717) is 14.6 Å².